The first-order valence-corrected chi connectivity index (χ1v) is 13.2. The van der Waals surface area contributed by atoms with E-state index in [1.54, 1.807) is 50.2 Å². The zero-order valence-electron chi connectivity index (χ0n) is 17.2. The van der Waals surface area contributed by atoms with Crippen molar-refractivity contribution in [3.05, 3.63) is 60.7 Å². The van der Waals surface area contributed by atoms with Gasteiger partial charge in [0.25, 0.3) is 0 Å². The Labute approximate surface area is 179 Å². The standard InChI is InChI=1S/C22H28O6S2/c1-3-28-22(23)15-18(2)14-19(16-29(24,25)20-10-6-4-7-11-20)17-30(26,27)21-12-8-5-9-13-21/h4-13,18-19H,3,14-17H2,1-2H3. The molecule has 0 aromatic heterocycles. The van der Waals surface area contributed by atoms with E-state index in [1.807, 2.05) is 0 Å². The molecular formula is C22H28O6S2. The summed E-state index contributed by atoms with van der Waals surface area (Å²) in [7, 11) is -7.36. The van der Waals surface area contributed by atoms with Gasteiger partial charge in [0.15, 0.2) is 19.7 Å². The van der Waals surface area contributed by atoms with Crippen LogP contribution >= 0.6 is 0 Å². The van der Waals surface area contributed by atoms with Crippen molar-refractivity contribution >= 4 is 25.6 Å². The average molecular weight is 453 g/mol. The minimum atomic E-state index is -3.68. The fourth-order valence-corrected chi connectivity index (χ4v) is 6.84. The van der Waals surface area contributed by atoms with Gasteiger partial charge in [-0.3, -0.25) is 4.79 Å². The molecule has 2 aromatic carbocycles. The van der Waals surface area contributed by atoms with Crippen molar-refractivity contribution in [2.75, 3.05) is 18.1 Å². The van der Waals surface area contributed by atoms with Crippen LogP contribution in [0.1, 0.15) is 26.7 Å². The van der Waals surface area contributed by atoms with Crippen LogP contribution in [-0.4, -0.2) is 40.9 Å². The number of sulfone groups is 2. The van der Waals surface area contributed by atoms with Crippen LogP contribution in [-0.2, 0) is 29.2 Å². The van der Waals surface area contributed by atoms with E-state index in [0.717, 1.165) is 0 Å². The van der Waals surface area contributed by atoms with E-state index in [2.05, 4.69) is 0 Å². The van der Waals surface area contributed by atoms with E-state index in [9.17, 15) is 21.6 Å². The number of carbonyl (C=O) groups is 1. The molecule has 0 aliphatic heterocycles. The Morgan fingerprint density at radius 3 is 1.67 bits per heavy atom. The first kappa shape index (κ1) is 24.1. The number of carbonyl (C=O) groups excluding carboxylic acids is 1. The molecule has 0 N–H and O–H groups in total. The monoisotopic (exact) mass is 452 g/mol. The summed E-state index contributed by atoms with van der Waals surface area (Å²) in [6, 6.07) is 16.0. The second kappa shape index (κ2) is 10.7. The topological polar surface area (TPSA) is 94.6 Å². The number of benzene rings is 2. The Morgan fingerprint density at radius 1 is 0.833 bits per heavy atom. The summed E-state index contributed by atoms with van der Waals surface area (Å²) in [5.74, 6) is -1.87. The zero-order valence-corrected chi connectivity index (χ0v) is 18.9. The summed E-state index contributed by atoms with van der Waals surface area (Å²) < 4.78 is 56.5. The van der Waals surface area contributed by atoms with E-state index in [-0.39, 0.29) is 52.6 Å². The molecule has 30 heavy (non-hydrogen) atoms. The third kappa shape index (κ3) is 7.25. The summed E-state index contributed by atoms with van der Waals surface area (Å²) in [5.41, 5.74) is 0. The summed E-state index contributed by atoms with van der Waals surface area (Å²) in [6.07, 6.45) is 0.387. The van der Waals surface area contributed by atoms with Gasteiger partial charge in [0.2, 0.25) is 0 Å². The summed E-state index contributed by atoms with van der Waals surface area (Å²) in [6.45, 7) is 3.78. The minimum Gasteiger partial charge on any atom is -0.466 e. The second-order valence-corrected chi connectivity index (χ2v) is 11.5. The molecule has 0 heterocycles. The molecule has 164 valence electrons. The van der Waals surface area contributed by atoms with E-state index in [1.165, 1.54) is 24.3 Å². The predicted molar refractivity (Wildman–Crippen MR) is 116 cm³/mol. The van der Waals surface area contributed by atoms with E-state index in [0.29, 0.717) is 0 Å². The van der Waals surface area contributed by atoms with Crippen molar-refractivity contribution in [3.8, 4) is 0 Å². The maximum Gasteiger partial charge on any atom is 0.306 e. The van der Waals surface area contributed by atoms with Crippen molar-refractivity contribution < 1.29 is 26.4 Å². The average Bonchev–Trinajstić information content (AvgIpc) is 2.68. The fraction of sp³-hybridized carbons (Fsp3) is 0.409. The lowest BCUT2D eigenvalue weighted by molar-refractivity contribution is -0.144. The zero-order chi connectivity index (χ0) is 22.2. The first-order chi connectivity index (χ1) is 14.1. The molecule has 0 bridgehead atoms. The lowest BCUT2D eigenvalue weighted by Crippen LogP contribution is -2.27. The molecule has 0 saturated heterocycles. The van der Waals surface area contributed by atoms with Crippen molar-refractivity contribution in [1.29, 1.82) is 0 Å². The SMILES string of the molecule is CCOC(=O)CC(C)CC(CS(=O)(=O)c1ccccc1)CS(=O)(=O)c1ccccc1. The van der Waals surface area contributed by atoms with Crippen molar-refractivity contribution in [3.63, 3.8) is 0 Å². The number of esters is 1. The highest BCUT2D eigenvalue weighted by atomic mass is 32.2. The maximum atomic E-state index is 12.9. The van der Waals surface area contributed by atoms with Crippen LogP contribution < -0.4 is 0 Å². The van der Waals surface area contributed by atoms with Crippen LogP contribution in [0.4, 0.5) is 0 Å². The molecule has 0 radical (unpaired) electrons. The third-order valence-electron chi connectivity index (χ3n) is 4.67. The van der Waals surface area contributed by atoms with Crippen LogP contribution in [0.3, 0.4) is 0 Å². The normalized spacial score (nSPS) is 13.2. The van der Waals surface area contributed by atoms with Crippen LogP contribution in [0.25, 0.3) is 0 Å². The Hall–Kier alpha value is -2.19. The molecule has 2 rings (SSSR count). The first-order valence-electron chi connectivity index (χ1n) is 9.85. The molecule has 0 fully saturated rings. The molecule has 0 saturated carbocycles. The van der Waals surface area contributed by atoms with Gasteiger partial charge in [0.1, 0.15) is 0 Å². The molecule has 6 nitrogen and oxygen atoms in total. The molecular weight excluding hydrogens is 424 g/mol. The Morgan fingerprint density at radius 2 is 1.27 bits per heavy atom. The smallest absolute Gasteiger partial charge is 0.306 e. The Balaban J connectivity index is 2.24. The van der Waals surface area contributed by atoms with Crippen LogP contribution in [0.15, 0.2) is 70.5 Å². The van der Waals surface area contributed by atoms with Gasteiger partial charge in [-0.1, -0.05) is 43.3 Å². The van der Waals surface area contributed by atoms with Crippen LogP contribution in [0.2, 0.25) is 0 Å². The van der Waals surface area contributed by atoms with Gasteiger partial charge >= 0.3 is 5.97 Å². The molecule has 0 spiro atoms. The Bertz CT molecular complexity index is 944. The largest absolute Gasteiger partial charge is 0.466 e. The number of rotatable bonds is 11. The summed E-state index contributed by atoms with van der Waals surface area (Å²) >= 11 is 0. The molecule has 8 heteroatoms. The summed E-state index contributed by atoms with van der Waals surface area (Å²) in [5, 5.41) is 0. The maximum absolute atomic E-state index is 12.9. The van der Waals surface area contributed by atoms with Gasteiger partial charge in [0, 0.05) is 6.42 Å². The van der Waals surface area contributed by atoms with E-state index >= 15 is 0 Å². The van der Waals surface area contributed by atoms with E-state index < -0.39 is 25.6 Å². The minimum absolute atomic E-state index is 0.112. The van der Waals surface area contributed by atoms with Gasteiger partial charge in [-0.2, -0.15) is 0 Å². The Kier molecular flexibility index (Phi) is 8.61. The lowest BCUT2D eigenvalue weighted by Gasteiger charge is -2.21. The third-order valence-corrected chi connectivity index (χ3v) is 8.47. The fourth-order valence-electron chi connectivity index (χ4n) is 3.41. The van der Waals surface area contributed by atoms with Crippen molar-refractivity contribution in [1.82, 2.24) is 0 Å². The highest BCUT2D eigenvalue weighted by Gasteiger charge is 2.29. The lowest BCUT2D eigenvalue weighted by atomic mass is 9.96. The quantitative estimate of drug-likeness (QED) is 0.484. The number of hydrogen-bond donors (Lipinski definition) is 0. The molecule has 0 aliphatic rings. The molecule has 1 unspecified atom stereocenters. The number of ether oxygens (including phenoxy) is 1. The molecule has 0 amide bonds. The van der Waals surface area contributed by atoms with Gasteiger partial charge in [-0.15, -0.1) is 0 Å². The van der Waals surface area contributed by atoms with Gasteiger partial charge in [-0.25, -0.2) is 16.8 Å². The summed E-state index contributed by atoms with van der Waals surface area (Å²) in [4.78, 5) is 12.1. The van der Waals surface area contributed by atoms with Crippen molar-refractivity contribution in [2.45, 2.75) is 36.5 Å². The van der Waals surface area contributed by atoms with Gasteiger partial charge in [-0.05, 0) is 49.4 Å². The predicted octanol–water partition coefficient (Wildman–Crippen LogP) is 3.53. The highest BCUT2D eigenvalue weighted by molar-refractivity contribution is 7.92. The van der Waals surface area contributed by atoms with Crippen LogP contribution in [0.5, 0.6) is 0 Å². The second-order valence-electron chi connectivity index (χ2n) is 7.40. The highest BCUT2D eigenvalue weighted by Crippen LogP contribution is 2.25. The molecule has 1 atom stereocenters. The molecule has 2 aromatic rings. The number of hydrogen-bond acceptors (Lipinski definition) is 6. The molecule has 0 aliphatic carbocycles. The van der Waals surface area contributed by atoms with Crippen LogP contribution in [0, 0.1) is 11.8 Å². The van der Waals surface area contributed by atoms with Gasteiger partial charge in [0.05, 0.1) is 27.9 Å². The van der Waals surface area contributed by atoms with E-state index in [4.69, 9.17) is 4.74 Å². The van der Waals surface area contributed by atoms with Crippen molar-refractivity contribution in [2.24, 2.45) is 11.8 Å². The van der Waals surface area contributed by atoms with Gasteiger partial charge < -0.3 is 4.74 Å².